The van der Waals surface area contributed by atoms with Gasteiger partial charge in [0.05, 0.1) is 0 Å². The van der Waals surface area contributed by atoms with Crippen LogP contribution in [0, 0.1) is 11.3 Å². The molecule has 0 saturated heterocycles. The smallest absolute Gasteiger partial charge is 0.00143 e. The van der Waals surface area contributed by atoms with Crippen molar-refractivity contribution in [3.63, 3.8) is 0 Å². The van der Waals surface area contributed by atoms with Crippen molar-refractivity contribution in [2.24, 2.45) is 11.1 Å². The Balaban J connectivity index is 2.21. The van der Waals surface area contributed by atoms with Crippen LogP contribution in [-0.4, -0.2) is 6.54 Å². The summed E-state index contributed by atoms with van der Waals surface area (Å²) in [6.45, 7) is 5.38. The van der Waals surface area contributed by atoms with E-state index in [0.717, 1.165) is 6.54 Å². The summed E-state index contributed by atoms with van der Waals surface area (Å²) in [5, 5.41) is 0. The molecule has 0 amide bonds. The van der Waals surface area contributed by atoms with Crippen molar-refractivity contribution in [1.82, 2.24) is 0 Å². The van der Waals surface area contributed by atoms with Gasteiger partial charge in [-0.15, -0.1) is 0 Å². The maximum absolute atomic E-state index is 5.42. The third-order valence-corrected chi connectivity index (χ3v) is 1.75. The fraction of sp³-hybridized carbons (Fsp3) is 0.857. The van der Waals surface area contributed by atoms with Crippen LogP contribution in [0.1, 0.15) is 26.7 Å². The highest BCUT2D eigenvalue weighted by Gasteiger charge is 2.34. The topological polar surface area (TPSA) is 26.0 Å². The van der Waals surface area contributed by atoms with E-state index in [2.05, 4.69) is 13.8 Å². The van der Waals surface area contributed by atoms with Gasteiger partial charge in [0.25, 0.3) is 0 Å². The molecular formula is C7H14N. The van der Waals surface area contributed by atoms with Crippen LogP contribution in [0.15, 0.2) is 0 Å². The fourth-order valence-electron chi connectivity index (χ4n) is 1.45. The van der Waals surface area contributed by atoms with Crippen molar-refractivity contribution in [3.8, 4) is 0 Å². The lowest BCUT2D eigenvalue weighted by molar-refractivity contribution is 0.221. The Hall–Kier alpha value is -0.0400. The largest absolute Gasteiger partial charge is 0.330 e. The first-order valence-electron chi connectivity index (χ1n) is 3.18. The van der Waals surface area contributed by atoms with Crippen molar-refractivity contribution in [3.05, 3.63) is 5.92 Å². The molecule has 2 N–H and O–H groups in total. The molecule has 1 nitrogen and oxygen atoms in total. The van der Waals surface area contributed by atoms with Gasteiger partial charge in [0.1, 0.15) is 0 Å². The van der Waals surface area contributed by atoms with E-state index < -0.39 is 0 Å². The standard InChI is InChI=1S/C7H14N/c1-7(2)3-6(4-7)5-8/h3-5,8H2,1-2H3. The zero-order valence-corrected chi connectivity index (χ0v) is 5.70. The Bertz CT molecular complexity index is 78.4. The predicted octanol–water partition coefficient (Wildman–Crippen LogP) is 1.34. The summed E-state index contributed by atoms with van der Waals surface area (Å²) in [5.41, 5.74) is 6.00. The van der Waals surface area contributed by atoms with Crippen molar-refractivity contribution in [2.45, 2.75) is 26.7 Å². The van der Waals surface area contributed by atoms with Crippen LogP contribution in [0.2, 0.25) is 0 Å². The van der Waals surface area contributed by atoms with E-state index in [1.807, 2.05) is 0 Å². The first-order chi connectivity index (χ1) is 3.64. The molecule has 1 radical (unpaired) electrons. The molecule has 0 heterocycles. The highest BCUT2D eigenvalue weighted by Crippen LogP contribution is 2.45. The number of rotatable bonds is 1. The van der Waals surface area contributed by atoms with Crippen LogP contribution < -0.4 is 5.73 Å². The summed E-state index contributed by atoms with van der Waals surface area (Å²) in [6, 6.07) is 0. The van der Waals surface area contributed by atoms with Crippen LogP contribution in [0.4, 0.5) is 0 Å². The lowest BCUT2D eigenvalue weighted by atomic mass is 9.65. The minimum absolute atomic E-state index is 0.578. The maximum atomic E-state index is 5.42. The molecule has 1 saturated carbocycles. The van der Waals surface area contributed by atoms with Crippen LogP contribution in [0.5, 0.6) is 0 Å². The van der Waals surface area contributed by atoms with E-state index in [1.165, 1.54) is 18.8 Å². The van der Waals surface area contributed by atoms with Crippen LogP contribution in [0.25, 0.3) is 0 Å². The van der Waals surface area contributed by atoms with Crippen LogP contribution in [0.3, 0.4) is 0 Å². The molecule has 1 aliphatic carbocycles. The van der Waals surface area contributed by atoms with Crippen molar-refractivity contribution in [2.75, 3.05) is 6.54 Å². The molecule has 1 heteroatoms. The molecule has 8 heavy (non-hydrogen) atoms. The van der Waals surface area contributed by atoms with Gasteiger partial charge in [-0.05, 0) is 30.7 Å². The Morgan fingerprint density at radius 1 is 1.50 bits per heavy atom. The van der Waals surface area contributed by atoms with Gasteiger partial charge in [0, 0.05) is 0 Å². The number of hydrogen-bond acceptors (Lipinski definition) is 1. The van der Waals surface area contributed by atoms with Gasteiger partial charge in [-0.2, -0.15) is 0 Å². The van der Waals surface area contributed by atoms with Gasteiger partial charge in [-0.25, -0.2) is 0 Å². The van der Waals surface area contributed by atoms with Gasteiger partial charge < -0.3 is 5.73 Å². The third kappa shape index (κ3) is 1.03. The fourth-order valence-corrected chi connectivity index (χ4v) is 1.45. The van der Waals surface area contributed by atoms with E-state index in [0.29, 0.717) is 5.41 Å². The summed E-state index contributed by atoms with van der Waals surface area (Å²) in [5.74, 6) is 1.54. The lowest BCUT2D eigenvalue weighted by Gasteiger charge is -2.41. The number of hydrogen-bond donors (Lipinski definition) is 1. The normalized spacial score (nSPS) is 27.4. The first-order valence-corrected chi connectivity index (χ1v) is 3.18. The molecule has 0 spiro atoms. The number of nitrogens with two attached hydrogens (primary N) is 1. The molecule has 1 aliphatic rings. The molecule has 0 aliphatic heterocycles. The van der Waals surface area contributed by atoms with E-state index in [9.17, 15) is 0 Å². The van der Waals surface area contributed by atoms with Gasteiger partial charge in [-0.3, -0.25) is 0 Å². The van der Waals surface area contributed by atoms with E-state index in [-0.39, 0.29) is 0 Å². The lowest BCUT2D eigenvalue weighted by Crippen LogP contribution is -2.34. The maximum Gasteiger partial charge on any atom is -0.00143 e. The van der Waals surface area contributed by atoms with Gasteiger partial charge in [0.2, 0.25) is 0 Å². The Kier molecular flexibility index (Phi) is 1.31. The molecule has 0 aromatic heterocycles. The minimum Gasteiger partial charge on any atom is -0.330 e. The van der Waals surface area contributed by atoms with Gasteiger partial charge in [0.15, 0.2) is 0 Å². The second-order valence-electron chi connectivity index (χ2n) is 3.47. The first kappa shape index (κ1) is 6.09. The molecule has 0 atom stereocenters. The van der Waals surface area contributed by atoms with Crippen LogP contribution in [-0.2, 0) is 0 Å². The highest BCUT2D eigenvalue weighted by molar-refractivity contribution is 5.08. The average molecular weight is 112 g/mol. The quantitative estimate of drug-likeness (QED) is 0.544. The summed E-state index contributed by atoms with van der Waals surface area (Å²) in [6.07, 6.45) is 2.51. The van der Waals surface area contributed by atoms with Crippen molar-refractivity contribution >= 4 is 0 Å². The second-order valence-corrected chi connectivity index (χ2v) is 3.47. The summed E-state index contributed by atoms with van der Waals surface area (Å²) >= 11 is 0. The summed E-state index contributed by atoms with van der Waals surface area (Å²) in [7, 11) is 0. The van der Waals surface area contributed by atoms with E-state index in [1.54, 1.807) is 0 Å². The molecule has 1 fully saturated rings. The molecule has 0 aromatic carbocycles. The van der Waals surface area contributed by atoms with Crippen molar-refractivity contribution < 1.29 is 0 Å². The highest BCUT2D eigenvalue weighted by atomic mass is 14.6. The summed E-state index contributed by atoms with van der Waals surface area (Å²) < 4.78 is 0. The monoisotopic (exact) mass is 112 g/mol. The summed E-state index contributed by atoms with van der Waals surface area (Å²) in [4.78, 5) is 0. The molecule has 47 valence electrons. The Labute approximate surface area is 51.3 Å². The van der Waals surface area contributed by atoms with Crippen LogP contribution >= 0.6 is 0 Å². The molecule has 0 unspecified atom stereocenters. The van der Waals surface area contributed by atoms with E-state index in [4.69, 9.17) is 5.73 Å². The van der Waals surface area contributed by atoms with Gasteiger partial charge in [-0.1, -0.05) is 13.8 Å². The predicted molar refractivity (Wildman–Crippen MR) is 35.3 cm³/mol. The molecule has 0 aromatic rings. The molecule has 1 rings (SSSR count). The van der Waals surface area contributed by atoms with E-state index >= 15 is 0 Å². The third-order valence-electron chi connectivity index (χ3n) is 1.75. The molecular weight excluding hydrogens is 98.1 g/mol. The zero-order valence-electron chi connectivity index (χ0n) is 5.70. The second kappa shape index (κ2) is 1.73. The Morgan fingerprint density at radius 3 is 2.12 bits per heavy atom. The van der Waals surface area contributed by atoms with Crippen molar-refractivity contribution in [1.29, 1.82) is 0 Å². The van der Waals surface area contributed by atoms with Gasteiger partial charge >= 0.3 is 0 Å². The minimum atomic E-state index is 0.578. The molecule has 0 bridgehead atoms. The zero-order chi connectivity index (χ0) is 6.20. The SMILES string of the molecule is CC1(C)C[C](CN)C1. The average Bonchev–Trinajstić information content (AvgIpc) is 1.60. The Morgan fingerprint density at radius 2 is 2.00 bits per heavy atom.